The van der Waals surface area contributed by atoms with E-state index in [-0.39, 0.29) is 6.04 Å². The summed E-state index contributed by atoms with van der Waals surface area (Å²) in [6, 6.07) is 13.3. The molecule has 21 heavy (non-hydrogen) atoms. The van der Waals surface area contributed by atoms with Crippen molar-refractivity contribution >= 4 is 22.6 Å². The molecule has 112 valence electrons. The van der Waals surface area contributed by atoms with Gasteiger partial charge in [-0.25, -0.2) is 0 Å². The summed E-state index contributed by atoms with van der Waals surface area (Å²) in [7, 11) is 1.72. The van der Waals surface area contributed by atoms with E-state index in [1.54, 1.807) is 7.11 Å². The molecule has 0 bridgehead atoms. The van der Waals surface area contributed by atoms with Gasteiger partial charge in [-0.05, 0) is 83.4 Å². The van der Waals surface area contributed by atoms with Crippen molar-refractivity contribution in [1.29, 1.82) is 0 Å². The lowest BCUT2D eigenvalue weighted by Gasteiger charge is -2.22. The molecule has 2 aromatic carbocycles. The number of hydrogen-bond donors (Lipinski definition) is 1. The summed E-state index contributed by atoms with van der Waals surface area (Å²) in [4.78, 5) is 0. The molecule has 0 fully saturated rings. The van der Waals surface area contributed by atoms with Gasteiger partial charge in [-0.3, -0.25) is 0 Å². The monoisotopic (exact) mass is 395 g/mol. The van der Waals surface area contributed by atoms with Gasteiger partial charge in [-0.15, -0.1) is 0 Å². The Hall–Kier alpha value is -1.07. The molecule has 0 amide bonds. The Kier molecular flexibility index (Phi) is 5.65. The van der Waals surface area contributed by atoms with Crippen LogP contribution in [-0.4, -0.2) is 13.7 Å². The Balaban J connectivity index is 2.47. The maximum absolute atomic E-state index is 5.42. The number of rotatable bonds is 5. The van der Waals surface area contributed by atoms with Gasteiger partial charge < -0.3 is 10.1 Å². The highest BCUT2D eigenvalue weighted by Crippen LogP contribution is 2.30. The Morgan fingerprint density at radius 1 is 1.10 bits per heavy atom. The number of aryl methyl sites for hydroxylation is 2. The molecular weight excluding hydrogens is 373 g/mol. The quantitative estimate of drug-likeness (QED) is 0.747. The van der Waals surface area contributed by atoms with Crippen LogP contribution in [0.3, 0.4) is 0 Å². The van der Waals surface area contributed by atoms with Crippen LogP contribution >= 0.6 is 22.6 Å². The first kappa shape index (κ1) is 16.3. The Bertz CT molecular complexity index is 607. The van der Waals surface area contributed by atoms with E-state index in [9.17, 15) is 0 Å². The van der Waals surface area contributed by atoms with Gasteiger partial charge in [-0.1, -0.05) is 25.1 Å². The molecule has 0 saturated carbocycles. The van der Waals surface area contributed by atoms with Gasteiger partial charge >= 0.3 is 0 Å². The molecule has 3 heteroatoms. The second-order valence-corrected chi connectivity index (χ2v) is 6.47. The van der Waals surface area contributed by atoms with Crippen molar-refractivity contribution in [2.45, 2.75) is 26.8 Å². The van der Waals surface area contributed by atoms with E-state index in [0.717, 1.165) is 12.3 Å². The van der Waals surface area contributed by atoms with Gasteiger partial charge in [0.05, 0.1) is 13.2 Å². The molecule has 0 aliphatic rings. The molecule has 1 atom stereocenters. The molecule has 2 nitrogen and oxygen atoms in total. The van der Waals surface area contributed by atoms with Crippen molar-refractivity contribution in [3.05, 3.63) is 62.2 Å². The lowest BCUT2D eigenvalue weighted by molar-refractivity contribution is 0.411. The van der Waals surface area contributed by atoms with Crippen LogP contribution in [0.1, 0.15) is 35.2 Å². The smallest absolute Gasteiger partial charge is 0.122 e. The van der Waals surface area contributed by atoms with Gasteiger partial charge in [0.25, 0.3) is 0 Å². The summed E-state index contributed by atoms with van der Waals surface area (Å²) in [6.07, 6.45) is 0. The number of benzene rings is 2. The van der Waals surface area contributed by atoms with Gasteiger partial charge in [0.2, 0.25) is 0 Å². The molecule has 0 saturated heterocycles. The predicted octanol–water partition coefficient (Wildman–Crippen LogP) is 4.62. The summed E-state index contributed by atoms with van der Waals surface area (Å²) in [5, 5.41) is 3.60. The van der Waals surface area contributed by atoms with Gasteiger partial charge in [0.1, 0.15) is 5.75 Å². The highest BCUT2D eigenvalue weighted by atomic mass is 127. The first-order chi connectivity index (χ1) is 10.1. The van der Waals surface area contributed by atoms with Crippen molar-refractivity contribution in [2.75, 3.05) is 13.7 Å². The standard InChI is InChI=1S/C18H22INO/c1-5-20-18(14-6-8-15(19)9-7-14)16-10-13(3)17(21-4)11-12(16)2/h6-11,18,20H,5H2,1-4H3. The van der Waals surface area contributed by atoms with E-state index in [0.29, 0.717) is 0 Å². The summed E-state index contributed by atoms with van der Waals surface area (Å²) < 4.78 is 6.68. The van der Waals surface area contributed by atoms with E-state index in [1.165, 1.54) is 25.8 Å². The number of ether oxygens (including phenoxy) is 1. The minimum atomic E-state index is 0.219. The SMILES string of the molecule is CCNC(c1ccc(I)cc1)c1cc(C)c(OC)cc1C. The van der Waals surface area contributed by atoms with Gasteiger partial charge in [0.15, 0.2) is 0 Å². The summed E-state index contributed by atoms with van der Waals surface area (Å²) in [6.45, 7) is 7.32. The molecule has 2 aromatic rings. The minimum absolute atomic E-state index is 0.219. The van der Waals surface area contributed by atoms with E-state index in [4.69, 9.17) is 4.74 Å². The maximum Gasteiger partial charge on any atom is 0.122 e. The average molecular weight is 395 g/mol. The van der Waals surface area contributed by atoms with Crippen molar-refractivity contribution in [3.8, 4) is 5.75 Å². The molecule has 0 radical (unpaired) electrons. The Morgan fingerprint density at radius 3 is 2.33 bits per heavy atom. The summed E-state index contributed by atoms with van der Waals surface area (Å²) in [5.74, 6) is 0.953. The third-order valence-electron chi connectivity index (χ3n) is 3.71. The third-order valence-corrected chi connectivity index (χ3v) is 4.43. The van der Waals surface area contributed by atoms with E-state index < -0.39 is 0 Å². The molecule has 1 unspecified atom stereocenters. The van der Waals surface area contributed by atoms with Gasteiger partial charge in [-0.2, -0.15) is 0 Å². The fourth-order valence-corrected chi connectivity index (χ4v) is 2.97. The van der Waals surface area contributed by atoms with Crippen LogP contribution in [0, 0.1) is 17.4 Å². The topological polar surface area (TPSA) is 21.3 Å². The Labute approximate surface area is 141 Å². The fraction of sp³-hybridized carbons (Fsp3) is 0.333. The lowest BCUT2D eigenvalue weighted by atomic mass is 9.93. The fourth-order valence-electron chi connectivity index (χ4n) is 2.61. The molecule has 0 aromatic heterocycles. The number of nitrogens with one attached hydrogen (secondary N) is 1. The molecule has 0 heterocycles. The number of hydrogen-bond acceptors (Lipinski definition) is 2. The van der Waals surface area contributed by atoms with Crippen molar-refractivity contribution in [3.63, 3.8) is 0 Å². The summed E-state index contributed by atoms with van der Waals surface area (Å²) in [5.41, 5.74) is 5.04. The normalized spacial score (nSPS) is 12.2. The first-order valence-corrected chi connectivity index (χ1v) is 8.28. The first-order valence-electron chi connectivity index (χ1n) is 7.20. The minimum Gasteiger partial charge on any atom is -0.496 e. The summed E-state index contributed by atoms with van der Waals surface area (Å²) >= 11 is 2.34. The van der Waals surface area contributed by atoms with Crippen molar-refractivity contribution in [1.82, 2.24) is 5.32 Å². The van der Waals surface area contributed by atoms with Crippen LogP contribution in [0.25, 0.3) is 0 Å². The molecule has 1 N–H and O–H groups in total. The largest absolute Gasteiger partial charge is 0.496 e. The molecule has 0 aliphatic heterocycles. The van der Waals surface area contributed by atoms with E-state index in [2.05, 4.69) is 85.1 Å². The zero-order chi connectivity index (χ0) is 15.4. The Morgan fingerprint density at radius 2 is 1.76 bits per heavy atom. The highest BCUT2D eigenvalue weighted by molar-refractivity contribution is 14.1. The van der Waals surface area contributed by atoms with E-state index >= 15 is 0 Å². The van der Waals surface area contributed by atoms with Crippen LogP contribution in [0.5, 0.6) is 5.75 Å². The van der Waals surface area contributed by atoms with Crippen LogP contribution in [-0.2, 0) is 0 Å². The number of halogens is 1. The van der Waals surface area contributed by atoms with Crippen LogP contribution in [0.2, 0.25) is 0 Å². The highest BCUT2D eigenvalue weighted by Gasteiger charge is 2.16. The van der Waals surface area contributed by atoms with E-state index in [1.807, 2.05) is 0 Å². The molecular formula is C18H22INO. The van der Waals surface area contributed by atoms with Gasteiger partial charge in [0, 0.05) is 3.57 Å². The predicted molar refractivity (Wildman–Crippen MR) is 97.1 cm³/mol. The zero-order valence-corrected chi connectivity index (χ0v) is 15.2. The van der Waals surface area contributed by atoms with Crippen LogP contribution < -0.4 is 10.1 Å². The second kappa shape index (κ2) is 7.27. The third kappa shape index (κ3) is 3.77. The number of methoxy groups -OCH3 is 1. The maximum atomic E-state index is 5.42. The molecule has 2 rings (SSSR count). The molecule has 0 spiro atoms. The average Bonchev–Trinajstić information content (AvgIpc) is 2.48. The van der Waals surface area contributed by atoms with Crippen LogP contribution in [0.4, 0.5) is 0 Å². The van der Waals surface area contributed by atoms with Crippen LogP contribution in [0.15, 0.2) is 36.4 Å². The molecule has 0 aliphatic carbocycles. The zero-order valence-electron chi connectivity index (χ0n) is 13.0. The van der Waals surface area contributed by atoms with Crippen molar-refractivity contribution in [2.24, 2.45) is 0 Å². The lowest BCUT2D eigenvalue weighted by Crippen LogP contribution is -2.23. The second-order valence-electron chi connectivity index (χ2n) is 5.22. The van der Waals surface area contributed by atoms with Crippen molar-refractivity contribution < 1.29 is 4.74 Å².